The second kappa shape index (κ2) is 4.11. The van der Waals surface area contributed by atoms with Gasteiger partial charge in [-0.05, 0) is 0 Å². The normalized spacial score (nSPS) is 11.9. The van der Waals surface area contributed by atoms with Crippen LogP contribution in [0.3, 0.4) is 0 Å². The van der Waals surface area contributed by atoms with Crippen molar-refractivity contribution < 1.29 is 8.78 Å². The number of halogens is 2. The lowest BCUT2D eigenvalue weighted by Gasteiger charge is -2.05. The predicted molar refractivity (Wildman–Crippen MR) is 55.4 cm³/mol. The van der Waals surface area contributed by atoms with E-state index < -0.39 is 13.0 Å². The van der Waals surface area contributed by atoms with E-state index in [2.05, 4.69) is 15.1 Å². The fourth-order valence-corrected chi connectivity index (χ4v) is 1.42. The minimum atomic E-state index is -2.43. The van der Waals surface area contributed by atoms with Crippen LogP contribution in [-0.4, -0.2) is 26.2 Å². The van der Waals surface area contributed by atoms with E-state index in [1.54, 1.807) is 6.20 Å². The molecule has 2 rings (SSSR count). The van der Waals surface area contributed by atoms with Crippen LogP contribution in [-0.2, 0) is 6.54 Å². The summed E-state index contributed by atoms with van der Waals surface area (Å²) >= 11 is 0. The number of hydrogen-bond donors (Lipinski definition) is 0. The first-order valence-corrected chi connectivity index (χ1v) is 5.04. The Morgan fingerprint density at radius 3 is 2.69 bits per heavy atom. The zero-order valence-electron chi connectivity index (χ0n) is 9.06. The first-order valence-electron chi connectivity index (χ1n) is 5.04. The molecule has 0 spiro atoms. The summed E-state index contributed by atoms with van der Waals surface area (Å²) in [5.74, 6) is 0.808. The summed E-state index contributed by atoms with van der Waals surface area (Å²) in [5.41, 5.74) is 0.471. The van der Waals surface area contributed by atoms with Crippen molar-refractivity contribution in [3.05, 3.63) is 18.2 Å². The van der Waals surface area contributed by atoms with Gasteiger partial charge in [0, 0.05) is 12.1 Å². The molecular weight excluding hydrogens is 214 g/mol. The maximum absolute atomic E-state index is 12.3. The average molecular weight is 226 g/mol. The van der Waals surface area contributed by atoms with Gasteiger partial charge in [-0.25, -0.2) is 23.4 Å². The van der Waals surface area contributed by atoms with Gasteiger partial charge in [-0.2, -0.15) is 5.10 Å². The molecule has 0 saturated carbocycles. The maximum Gasteiger partial charge on any atom is 0.258 e. The Labute approximate surface area is 91.3 Å². The lowest BCUT2D eigenvalue weighted by molar-refractivity contribution is 0.123. The number of fused-ring (bicyclic) bond motifs is 1. The van der Waals surface area contributed by atoms with Crippen molar-refractivity contribution in [2.45, 2.75) is 32.7 Å². The molecule has 0 amide bonds. The summed E-state index contributed by atoms with van der Waals surface area (Å²) in [7, 11) is 0. The molecule has 16 heavy (non-hydrogen) atoms. The van der Waals surface area contributed by atoms with Crippen molar-refractivity contribution in [1.29, 1.82) is 0 Å². The van der Waals surface area contributed by atoms with E-state index in [9.17, 15) is 8.78 Å². The maximum atomic E-state index is 12.3. The molecule has 0 aliphatic rings. The summed E-state index contributed by atoms with van der Waals surface area (Å²) in [6, 6.07) is 0. The Hall–Kier alpha value is -1.59. The highest BCUT2D eigenvalue weighted by atomic mass is 19.3. The highest BCUT2D eigenvalue weighted by molar-refractivity contribution is 5.73. The zero-order chi connectivity index (χ0) is 11.7. The van der Waals surface area contributed by atoms with Crippen LogP contribution in [0.2, 0.25) is 0 Å². The van der Waals surface area contributed by atoms with Crippen LogP contribution in [0.5, 0.6) is 0 Å². The van der Waals surface area contributed by atoms with Crippen LogP contribution in [0.15, 0.2) is 12.4 Å². The standard InChI is InChI=1S/C10H12F2N4/c1-6(2)9-13-3-7-4-14-16(5-8(11)12)10(7)15-9/h3-4,6,8H,5H2,1-2H3. The first kappa shape index (κ1) is 10.9. The van der Waals surface area contributed by atoms with Crippen molar-refractivity contribution in [2.24, 2.45) is 0 Å². The third-order valence-corrected chi connectivity index (χ3v) is 2.22. The van der Waals surface area contributed by atoms with Gasteiger partial charge in [-0.1, -0.05) is 13.8 Å². The lowest BCUT2D eigenvalue weighted by Crippen LogP contribution is -2.09. The summed E-state index contributed by atoms with van der Waals surface area (Å²) in [5, 5.41) is 4.56. The Morgan fingerprint density at radius 1 is 1.31 bits per heavy atom. The van der Waals surface area contributed by atoms with E-state index in [1.807, 2.05) is 13.8 Å². The minimum absolute atomic E-state index is 0.166. The number of alkyl halides is 2. The van der Waals surface area contributed by atoms with Crippen molar-refractivity contribution in [1.82, 2.24) is 19.7 Å². The fourth-order valence-electron chi connectivity index (χ4n) is 1.42. The number of rotatable bonds is 3. The molecule has 86 valence electrons. The van der Waals surface area contributed by atoms with Crippen molar-refractivity contribution >= 4 is 11.0 Å². The predicted octanol–water partition coefficient (Wildman–Crippen LogP) is 2.21. The van der Waals surface area contributed by atoms with Crippen LogP contribution < -0.4 is 0 Å². The first-order chi connectivity index (χ1) is 7.58. The molecule has 2 heterocycles. The smallest absolute Gasteiger partial charge is 0.241 e. The molecular formula is C10H12F2N4. The molecule has 2 aromatic rings. The Bertz CT molecular complexity index is 493. The van der Waals surface area contributed by atoms with E-state index in [1.165, 1.54) is 10.9 Å². The summed E-state index contributed by atoms with van der Waals surface area (Å²) < 4.78 is 25.8. The van der Waals surface area contributed by atoms with Gasteiger partial charge in [0.15, 0.2) is 5.65 Å². The third kappa shape index (κ3) is 2.00. The van der Waals surface area contributed by atoms with E-state index in [4.69, 9.17) is 0 Å². The van der Waals surface area contributed by atoms with Gasteiger partial charge in [-0.15, -0.1) is 0 Å². The van der Waals surface area contributed by atoms with E-state index >= 15 is 0 Å². The van der Waals surface area contributed by atoms with Gasteiger partial charge in [0.1, 0.15) is 12.4 Å². The lowest BCUT2D eigenvalue weighted by atomic mass is 10.2. The van der Waals surface area contributed by atoms with Crippen LogP contribution in [0.25, 0.3) is 11.0 Å². The molecule has 0 unspecified atom stereocenters. The van der Waals surface area contributed by atoms with Crippen molar-refractivity contribution in [3.8, 4) is 0 Å². The van der Waals surface area contributed by atoms with E-state index in [0.717, 1.165) is 0 Å². The molecule has 0 fully saturated rings. The van der Waals surface area contributed by atoms with Crippen LogP contribution in [0.1, 0.15) is 25.6 Å². The van der Waals surface area contributed by atoms with Gasteiger partial charge in [0.2, 0.25) is 0 Å². The average Bonchev–Trinajstić information content (AvgIpc) is 2.60. The monoisotopic (exact) mass is 226 g/mol. The third-order valence-electron chi connectivity index (χ3n) is 2.22. The van der Waals surface area contributed by atoms with Crippen LogP contribution in [0.4, 0.5) is 8.78 Å². The van der Waals surface area contributed by atoms with Gasteiger partial charge < -0.3 is 0 Å². The molecule has 0 aromatic carbocycles. The summed E-state index contributed by atoms with van der Waals surface area (Å²) in [6.07, 6.45) is 0.689. The largest absolute Gasteiger partial charge is 0.258 e. The molecule has 0 atom stereocenters. The number of aromatic nitrogens is 4. The molecule has 4 nitrogen and oxygen atoms in total. The van der Waals surface area contributed by atoms with Gasteiger partial charge >= 0.3 is 0 Å². The Kier molecular flexibility index (Phi) is 2.80. The second-order valence-electron chi connectivity index (χ2n) is 3.88. The van der Waals surface area contributed by atoms with Crippen molar-refractivity contribution in [3.63, 3.8) is 0 Å². The van der Waals surface area contributed by atoms with E-state index in [0.29, 0.717) is 16.9 Å². The molecule has 0 aliphatic heterocycles. The molecule has 0 bridgehead atoms. The summed E-state index contributed by atoms with van der Waals surface area (Å²) in [4.78, 5) is 8.39. The SMILES string of the molecule is CC(C)c1ncc2cnn(CC(F)F)c2n1. The second-order valence-corrected chi connectivity index (χ2v) is 3.88. The zero-order valence-corrected chi connectivity index (χ0v) is 9.06. The summed E-state index contributed by atoms with van der Waals surface area (Å²) in [6.45, 7) is 3.47. The molecule has 0 radical (unpaired) electrons. The van der Waals surface area contributed by atoms with Crippen LogP contribution >= 0.6 is 0 Å². The van der Waals surface area contributed by atoms with Gasteiger partial charge in [0.05, 0.1) is 11.6 Å². The molecule has 0 aliphatic carbocycles. The molecule has 2 aromatic heterocycles. The van der Waals surface area contributed by atoms with Gasteiger partial charge in [0.25, 0.3) is 6.43 Å². The van der Waals surface area contributed by atoms with Crippen molar-refractivity contribution in [2.75, 3.05) is 0 Å². The Balaban J connectivity index is 2.47. The molecule has 0 N–H and O–H groups in total. The number of nitrogens with zero attached hydrogens (tertiary/aromatic N) is 4. The highest BCUT2D eigenvalue weighted by Crippen LogP contribution is 2.15. The minimum Gasteiger partial charge on any atom is -0.241 e. The highest BCUT2D eigenvalue weighted by Gasteiger charge is 2.12. The van der Waals surface area contributed by atoms with E-state index in [-0.39, 0.29) is 5.92 Å². The molecule has 0 saturated heterocycles. The topological polar surface area (TPSA) is 43.6 Å². The molecule has 6 heteroatoms. The fraction of sp³-hybridized carbons (Fsp3) is 0.500. The van der Waals surface area contributed by atoms with Crippen LogP contribution in [0, 0.1) is 0 Å². The quantitative estimate of drug-likeness (QED) is 0.805. The van der Waals surface area contributed by atoms with Gasteiger partial charge in [-0.3, -0.25) is 0 Å². The number of hydrogen-bond acceptors (Lipinski definition) is 3. The Morgan fingerprint density at radius 2 is 2.06 bits per heavy atom.